The Morgan fingerprint density at radius 3 is 1.86 bits per heavy atom. The first-order valence-corrected chi connectivity index (χ1v) is 8.37. The molecule has 0 heterocycles. The van der Waals surface area contributed by atoms with Crippen molar-refractivity contribution >= 4 is 15.7 Å². The van der Waals surface area contributed by atoms with E-state index in [4.69, 9.17) is 0 Å². The molecule has 0 unspecified atom stereocenters. The van der Waals surface area contributed by atoms with Gasteiger partial charge in [-0.25, -0.2) is 8.42 Å². The van der Waals surface area contributed by atoms with Gasteiger partial charge in [0.15, 0.2) is 0 Å². The third kappa shape index (κ3) is 3.27. The second-order valence-corrected chi connectivity index (χ2v) is 7.25. The summed E-state index contributed by atoms with van der Waals surface area (Å²) in [5.74, 6) is 0. The van der Waals surface area contributed by atoms with E-state index >= 15 is 0 Å². The predicted octanol–water partition coefficient (Wildman–Crippen LogP) is 4.03. The van der Waals surface area contributed by atoms with Gasteiger partial charge in [-0.15, -0.1) is 0 Å². The first kappa shape index (κ1) is 15.6. The lowest BCUT2D eigenvalue weighted by Gasteiger charge is -2.14. The van der Waals surface area contributed by atoms with Crippen molar-refractivity contribution in [1.82, 2.24) is 0 Å². The molecular formula is C17H21NO2S. The van der Waals surface area contributed by atoms with E-state index in [-0.39, 0.29) is 0 Å². The van der Waals surface area contributed by atoms with Crippen LogP contribution in [0.5, 0.6) is 0 Å². The van der Waals surface area contributed by atoms with E-state index in [9.17, 15) is 8.42 Å². The highest BCUT2D eigenvalue weighted by atomic mass is 32.2. The van der Waals surface area contributed by atoms with E-state index in [0.717, 1.165) is 27.8 Å². The topological polar surface area (TPSA) is 46.2 Å². The molecule has 3 nitrogen and oxygen atoms in total. The van der Waals surface area contributed by atoms with Crippen LogP contribution in [-0.2, 0) is 10.0 Å². The molecule has 0 aromatic heterocycles. The van der Waals surface area contributed by atoms with Crippen molar-refractivity contribution in [2.24, 2.45) is 0 Å². The number of benzene rings is 2. The standard InChI is InChI=1S/C17H21NO2S/c1-11-8-14(4)17(15(5)9-11)21(19,20)18-16-7-6-12(2)13(3)10-16/h6-10,18H,1-5H3. The summed E-state index contributed by atoms with van der Waals surface area (Å²) in [5, 5.41) is 0. The molecule has 112 valence electrons. The fourth-order valence-corrected chi connectivity index (χ4v) is 4.11. The maximum Gasteiger partial charge on any atom is 0.262 e. The smallest absolute Gasteiger partial charge is 0.262 e. The molecule has 0 fully saturated rings. The van der Waals surface area contributed by atoms with Gasteiger partial charge >= 0.3 is 0 Å². The lowest BCUT2D eigenvalue weighted by Crippen LogP contribution is -2.16. The van der Waals surface area contributed by atoms with E-state index in [2.05, 4.69) is 4.72 Å². The number of hydrogen-bond acceptors (Lipinski definition) is 2. The average molecular weight is 303 g/mol. The van der Waals surface area contributed by atoms with Crippen molar-refractivity contribution in [3.8, 4) is 0 Å². The van der Waals surface area contributed by atoms with Gasteiger partial charge in [0.25, 0.3) is 10.0 Å². The van der Waals surface area contributed by atoms with Crippen molar-refractivity contribution in [2.45, 2.75) is 39.5 Å². The summed E-state index contributed by atoms with van der Waals surface area (Å²) < 4.78 is 28.0. The van der Waals surface area contributed by atoms with E-state index < -0.39 is 10.0 Å². The maximum atomic E-state index is 12.6. The third-order valence-corrected chi connectivity index (χ3v) is 5.32. The van der Waals surface area contributed by atoms with Gasteiger partial charge in [0.05, 0.1) is 4.90 Å². The van der Waals surface area contributed by atoms with Crippen LogP contribution in [0.15, 0.2) is 35.2 Å². The summed E-state index contributed by atoms with van der Waals surface area (Å²) >= 11 is 0. The first-order chi connectivity index (χ1) is 9.70. The fourth-order valence-electron chi connectivity index (χ4n) is 2.60. The molecule has 2 rings (SSSR count). The average Bonchev–Trinajstić information content (AvgIpc) is 2.31. The summed E-state index contributed by atoms with van der Waals surface area (Å²) in [7, 11) is -3.57. The molecule has 2 aromatic rings. The molecule has 0 aliphatic rings. The number of hydrogen-bond donors (Lipinski definition) is 1. The fraction of sp³-hybridized carbons (Fsp3) is 0.294. The van der Waals surface area contributed by atoms with Gasteiger partial charge in [0.2, 0.25) is 0 Å². The number of aryl methyl sites for hydroxylation is 5. The van der Waals surface area contributed by atoms with Crippen molar-refractivity contribution in [3.05, 3.63) is 58.1 Å². The molecule has 4 heteroatoms. The van der Waals surface area contributed by atoms with Crippen LogP contribution >= 0.6 is 0 Å². The van der Waals surface area contributed by atoms with Crippen molar-refractivity contribution in [2.75, 3.05) is 4.72 Å². The van der Waals surface area contributed by atoms with Crippen LogP contribution in [0.4, 0.5) is 5.69 Å². The highest BCUT2D eigenvalue weighted by Crippen LogP contribution is 2.25. The zero-order valence-electron chi connectivity index (χ0n) is 13.1. The number of sulfonamides is 1. The van der Waals surface area contributed by atoms with Crippen LogP contribution in [0.2, 0.25) is 0 Å². The quantitative estimate of drug-likeness (QED) is 0.930. The minimum Gasteiger partial charge on any atom is -0.280 e. The van der Waals surface area contributed by atoms with Crippen LogP contribution < -0.4 is 4.72 Å². The zero-order chi connectivity index (χ0) is 15.8. The Labute approximate surface area is 127 Å². The van der Waals surface area contributed by atoms with Crippen LogP contribution in [0, 0.1) is 34.6 Å². The zero-order valence-corrected chi connectivity index (χ0v) is 13.9. The molecule has 21 heavy (non-hydrogen) atoms. The van der Waals surface area contributed by atoms with Crippen LogP contribution in [0.3, 0.4) is 0 Å². The summed E-state index contributed by atoms with van der Waals surface area (Å²) in [6.07, 6.45) is 0. The van der Waals surface area contributed by atoms with Gasteiger partial charge in [-0.1, -0.05) is 23.8 Å². The summed E-state index contributed by atoms with van der Waals surface area (Å²) in [6, 6.07) is 9.34. The molecule has 2 aromatic carbocycles. The molecule has 1 N–H and O–H groups in total. The van der Waals surface area contributed by atoms with Gasteiger partial charge in [0.1, 0.15) is 0 Å². The van der Waals surface area contributed by atoms with Gasteiger partial charge < -0.3 is 0 Å². The second kappa shape index (κ2) is 5.53. The second-order valence-electron chi connectivity index (χ2n) is 5.63. The number of rotatable bonds is 3. The van der Waals surface area contributed by atoms with Crippen molar-refractivity contribution in [1.29, 1.82) is 0 Å². The minimum atomic E-state index is -3.57. The van der Waals surface area contributed by atoms with Gasteiger partial charge in [-0.3, -0.25) is 4.72 Å². The first-order valence-electron chi connectivity index (χ1n) is 6.88. The van der Waals surface area contributed by atoms with Crippen LogP contribution in [-0.4, -0.2) is 8.42 Å². The predicted molar refractivity (Wildman–Crippen MR) is 87.4 cm³/mol. The SMILES string of the molecule is Cc1cc(C)c(S(=O)(=O)Nc2ccc(C)c(C)c2)c(C)c1. The minimum absolute atomic E-state index is 0.367. The molecule has 0 atom stereocenters. The summed E-state index contributed by atoms with van der Waals surface area (Å²) in [4.78, 5) is 0.367. The lowest BCUT2D eigenvalue weighted by molar-refractivity contribution is 0.600. The molecule has 0 spiro atoms. The Kier molecular flexibility index (Phi) is 4.10. The van der Waals surface area contributed by atoms with Crippen molar-refractivity contribution in [3.63, 3.8) is 0 Å². The summed E-state index contributed by atoms with van der Waals surface area (Å²) in [5.41, 5.74) is 5.40. The van der Waals surface area contributed by atoms with Gasteiger partial charge in [0, 0.05) is 5.69 Å². The lowest BCUT2D eigenvalue weighted by atomic mass is 10.1. The van der Waals surface area contributed by atoms with E-state index in [1.807, 2.05) is 58.9 Å². The molecule has 0 radical (unpaired) electrons. The van der Waals surface area contributed by atoms with Gasteiger partial charge in [-0.05, 0) is 69.0 Å². The van der Waals surface area contributed by atoms with Crippen LogP contribution in [0.1, 0.15) is 27.8 Å². The number of nitrogens with one attached hydrogen (secondary N) is 1. The van der Waals surface area contributed by atoms with Crippen LogP contribution in [0.25, 0.3) is 0 Å². The maximum absolute atomic E-state index is 12.6. The third-order valence-electron chi connectivity index (χ3n) is 3.63. The Hall–Kier alpha value is -1.81. The van der Waals surface area contributed by atoms with Gasteiger partial charge in [-0.2, -0.15) is 0 Å². The van der Waals surface area contributed by atoms with Crippen molar-refractivity contribution < 1.29 is 8.42 Å². The highest BCUT2D eigenvalue weighted by Gasteiger charge is 2.20. The Morgan fingerprint density at radius 1 is 0.762 bits per heavy atom. The highest BCUT2D eigenvalue weighted by molar-refractivity contribution is 7.92. The van der Waals surface area contributed by atoms with E-state index in [1.54, 1.807) is 6.07 Å². The largest absolute Gasteiger partial charge is 0.280 e. The molecule has 0 bridgehead atoms. The summed E-state index contributed by atoms with van der Waals surface area (Å²) in [6.45, 7) is 9.59. The Bertz CT molecular complexity index is 769. The molecule has 0 aliphatic heterocycles. The molecule has 0 aliphatic carbocycles. The Morgan fingerprint density at radius 2 is 1.33 bits per heavy atom. The molecule has 0 saturated heterocycles. The van der Waals surface area contributed by atoms with E-state index in [1.165, 1.54) is 0 Å². The normalized spacial score (nSPS) is 11.5. The number of anilines is 1. The molecular weight excluding hydrogens is 282 g/mol. The van der Waals surface area contributed by atoms with E-state index in [0.29, 0.717) is 10.6 Å². The Balaban J connectivity index is 2.46. The monoisotopic (exact) mass is 303 g/mol. The molecule has 0 amide bonds. The molecule has 0 saturated carbocycles.